The van der Waals surface area contributed by atoms with E-state index in [9.17, 15) is 13.4 Å². The first-order valence-corrected chi connectivity index (χ1v) is 11.8. The van der Waals surface area contributed by atoms with E-state index >= 15 is 0 Å². The molecule has 0 bridgehead atoms. The molecule has 8 heteroatoms. The van der Waals surface area contributed by atoms with Crippen LogP contribution in [0.1, 0.15) is 21.9 Å². The van der Waals surface area contributed by atoms with E-state index in [1.807, 2.05) is 17.0 Å². The number of furan rings is 1. The van der Waals surface area contributed by atoms with Crippen molar-refractivity contribution in [1.82, 2.24) is 4.90 Å². The maximum atomic E-state index is 14.0. The lowest BCUT2D eigenvalue weighted by Crippen LogP contribution is -2.49. The van der Waals surface area contributed by atoms with Crippen molar-refractivity contribution in [3.8, 4) is 0 Å². The topological polar surface area (TPSA) is 53.8 Å². The first kappa shape index (κ1) is 21.6. The molecule has 0 spiro atoms. The molecule has 2 aromatic carbocycles. The smallest absolute Gasteiger partial charge is 0.289 e. The summed E-state index contributed by atoms with van der Waals surface area (Å²) in [6.07, 6.45) is 0. The third-order valence-corrected chi connectivity index (χ3v) is 6.69. The molecule has 0 N–H and O–H groups in total. The zero-order valence-electron chi connectivity index (χ0n) is 16.8. The van der Waals surface area contributed by atoms with Crippen LogP contribution in [0.25, 0.3) is 0 Å². The normalized spacial score (nSPS) is 15.2. The zero-order valence-corrected chi connectivity index (χ0v) is 18.4. The maximum Gasteiger partial charge on any atom is 0.289 e. The fourth-order valence-corrected chi connectivity index (χ4v) is 4.83. The van der Waals surface area contributed by atoms with E-state index in [1.54, 1.807) is 47.4 Å². The lowest BCUT2D eigenvalue weighted by molar-refractivity contribution is 0.0713. The Bertz CT molecular complexity index is 1080. The second-order valence-electron chi connectivity index (χ2n) is 7.35. The predicted molar refractivity (Wildman–Crippen MR) is 120 cm³/mol. The number of amides is 1. The lowest BCUT2D eigenvalue weighted by Gasteiger charge is -2.35. The minimum Gasteiger partial charge on any atom is -0.455 e. The van der Waals surface area contributed by atoms with Crippen molar-refractivity contribution in [2.75, 3.05) is 31.1 Å². The van der Waals surface area contributed by atoms with Crippen molar-refractivity contribution in [2.24, 2.45) is 0 Å². The van der Waals surface area contributed by atoms with Gasteiger partial charge in [0.2, 0.25) is 0 Å². The molecule has 0 radical (unpaired) electrons. The summed E-state index contributed by atoms with van der Waals surface area (Å²) in [5.74, 6) is 0.904. The van der Waals surface area contributed by atoms with Gasteiger partial charge in [0.15, 0.2) is 5.76 Å². The monoisotopic (exact) mass is 460 g/mol. The molecule has 2 heterocycles. The average molecular weight is 461 g/mol. The largest absolute Gasteiger partial charge is 0.455 e. The lowest BCUT2D eigenvalue weighted by atomic mass is 10.2. The van der Waals surface area contributed by atoms with Crippen LogP contribution in [0.3, 0.4) is 0 Å². The summed E-state index contributed by atoms with van der Waals surface area (Å²) in [5.41, 5.74) is 1.48. The van der Waals surface area contributed by atoms with Crippen LogP contribution in [-0.4, -0.2) is 41.2 Å². The molecule has 0 saturated carbocycles. The number of anilines is 1. The number of halogens is 2. The predicted octanol–water partition coefficient (Wildman–Crippen LogP) is 4.48. The molecule has 162 valence electrons. The Kier molecular flexibility index (Phi) is 6.73. The molecule has 3 aromatic rings. The van der Waals surface area contributed by atoms with E-state index in [4.69, 9.17) is 16.0 Å². The van der Waals surface area contributed by atoms with Crippen molar-refractivity contribution in [1.29, 1.82) is 0 Å². The molecule has 0 unspecified atom stereocenters. The van der Waals surface area contributed by atoms with Gasteiger partial charge in [-0.1, -0.05) is 35.9 Å². The van der Waals surface area contributed by atoms with E-state index in [1.165, 1.54) is 6.07 Å². The van der Waals surface area contributed by atoms with Gasteiger partial charge in [-0.15, -0.1) is 0 Å². The number of hydrogen-bond donors (Lipinski definition) is 0. The Hall–Kier alpha value is -2.64. The first-order chi connectivity index (χ1) is 15.0. The molecule has 0 aliphatic carbocycles. The van der Waals surface area contributed by atoms with Gasteiger partial charge in [-0.25, -0.2) is 4.39 Å². The van der Waals surface area contributed by atoms with E-state index < -0.39 is 10.8 Å². The average Bonchev–Trinajstić information content (AvgIpc) is 3.23. The quantitative estimate of drug-likeness (QED) is 0.544. The Morgan fingerprint density at radius 1 is 0.968 bits per heavy atom. The van der Waals surface area contributed by atoms with Gasteiger partial charge in [0.25, 0.3) is 5.91 Å². The summed E-state index contributed by atoms with van der Waals surface area (Å²) in [4.78, 5) is 16.4. The summed E-state index contributed by atoms with van der Waals surface area (Å²) in [6, 6.07) is 17.2. The van der Waals surface area contributed by atoms with Gasteiger partial charge < -0.3 is 14.2 Å². The number of piperazine rings is 1. The number of hydrogen-bond acceptors (Lipinski definition) is 4. The number of rotatable bonds is 6. The van der Waals surface area contributed by atoms with Gasteiger partial charge in [0.1, 0.15) is 11.6 Å². The fourth-order valence-electron chi connectivity index (χ4n) is 3.56. The summed E-state index contributed by atoms with van der Waals surface area (Å²) < 4.78 is 32.1. The molecule has 1 aliphatic rings. The molecular formula is C23H22ClFN2O3S. The van der Waals surface area contributed by atoms with Crippen LogP contribution in [-0.2, 0) is 22.3 Å². The molecule has 1 atom stereocenters. The van der Waals surface area contributed by atoms with Crippen molar-refractivity contribution < 1.29 is 17.8 Å². The van der Waals surface area contributed by atoms with Crippen molar-refractivity contribution in [3.05, 3.63) is 88.6 Å². The second kappa shape index (κ2) is 9.66. The number of para-hydroxylation sites is 1. The highest BCUT2D eigenvalue weighted by Crippen LogP contribution is 2.21. The van der Waals surface area contributed by atoms with Gasteiger partial charge in [-0.2, -0.15) is 0 Å². The molecule has 31 heavy (non-hydrogen) atoms. The van der Waals surface area contributed by atoms with Crippen LogP contribution in [0.4, 0.5) is 10.1 Å². The van der Waals surface area contributed by atoms with Gasteiger partial charge in [-0.3, -0.25) is 9.00 Å². The van der Waals surface area contributed by atoms with Gasteiger partial charge in [-0.05, 0) is 42.0 Å². The molecule has 1 aliphatic heterocycles. The standard InChI is InChI=1S/C23H22ClFN2O3S/c24-18-7-5-17(6-8-18)15-31(29)16-19-9-10-22(30-19)23(28)27-13-11-26(12-14-27)21-4-2-1-3-20(21)25/h1-10H,11-16H2/t31-/m1/s1. The van der Waals surface area contributed by atoms with Crippen LogP contribution in [0, 0.1) is 5.82 Å². The summed E-state index contributed by atoms with van der Waals surface area (Å²) >= 11 is 5.87. The number of carbonyl (C=O) groups is 1. The van der Waals surface area contributed by atoms with Gasteiger partial charge >= 0.3 is 0 Å². The highest BCUT2D eigenvalue weighted by Gasteiger charge is 2.25. The molecule has 4 rings (SSSR count). The number of nitrogens with zero attached hydrogens (tertiary/aromatic N) is 2. The van der Waals surface area contributed by atoms with Gasteiger partial charge in [0.05, 0.1) is 11.4 Å². The van der Waals surface area contributed by atoms with Crippen molar-refractivity contribution in [2.45, 2.75) is 11.5 Å². The van der Waals surface area contributed by atoms with E-state index in [-0.39, 0.29) is 23.2 Å². The van der Waals surface area contributed by atoms with Crippen LogP contribution >= 0.6 is 11.6 Å². The Balaban J connectivity index is 1.31. The molecular weight excluding hydrogens is 439 g/mol. The van der Waals surface area contributed by atoms with Crippen molar-refractivity contribution >= 4 is 34.0 Å². The molecule has 1 aromatic heterocycles. The van der Waals surface area contributed by atoms with E-state index in [2.05, 4.69) is 0 Å². The Morgan fingerprint density at radius 2 is 1.68 bits per heavy atom. The summed E-state index contributed by atoms with van der Waals surface area (Å²) in [5, 5.41) is 0.637. The van der Waals surface area contributed by atoms with E-state index in [0.29, 0.717) is 48.4 Å². The maximum absolute atomic E-state index is 14.0. The molecule has 1 saturated heterocycles. The number of carbonyl (C=O) groups excluding carboxylic acids is 1. The van der Waals surface area contributed by atoms with E-state index in [0.717, 1.165) is 5.56 Å². The highest BCUT2D eigenvalue weighted by molar-refractivity contribution is 7.83. The Labute approximate surface area is 187 Å². The van der Waals surface area contributed by atoms with Crippen LogP contribution in [0.15, 0.2) is 65.1 Å². The Morgan fingerprint density at radius 3 is 2.39 bits per heavy atom. The third kappa shape index (κ3) is 5.35. The van der Waals surface area contributed by atoms with Crippen LogP contribution in [0.5, 0.6) is 0 Å². The number of benzene rings is 2. The third-order valence-electron chi connectivity index (χ3n) is 5.18. The SMILES string of the molecule is O=C(c1ccc(C[S@](=O)Cc2ccc(Cl)cc2)o1)N1CCN(c2ccccc2F)CC1. The minimum atomic E-state index is -1.17. The first-order valence-electron chi connectivity index (χ1n) is 9.96. The second-order valence-corrected chi connectivity index (χ2v) is 9.25. The summed E-state index contributed by atoms with van der Waals surface area (Å²) in [6.45, 7) is 2.05. The highest BCUT2D eigenvalue weighted by atomic mass is 35.5. The molecule has 1 fully saturated rings. The molecule has 1 amide bonds. The zero-order chi connectivity index (χ0) is 21.8. The minimum absolute atomic E-state index is 0.206. The van der Waals surface area contributed by atoms with Crippen molar-refractivity contribution in [3.63, 3.8) is 0 Å². The van der Waals surface area contributed by atoms with Crippen LogP contribution < -0.4 is 4.90 Å². The summed E-state index contributed by atoms with van der Waals surface area (Å²) in [7, 11) is -1.17. The molecule has 5 nitrogen and oxygen atoms in total. The van der Waals surface area contributed by atoms with Crippen LogP contribution in [0.2, 0.25) is 5.02 Å². The van der Waals surface area contributed by atoms with Gasteiger partial charge in [0, 0.05) is 47.8 Å². The fraction of sp³-hybridized carbons (Fsp3) is 0.261.